The second kappa shape index (κ2) is 6.80. The number of hydrogen-bond acceptors (Lipinski definition) is 6. The molecule has 7 nitrogen and oxygen atoms in total. The van der Waals surface area contributed by atoms with E-state index < -0.39 is 0 Å². The van der Waals surface area contributed by atoms with Crippen LogP contribution < -0.4 is 10.2 Å². The molecule has 8 heteroatoms. The van der Waals surface area contributed by atoms with Crippen molar-refractivity contribution in [2.45, 2.75) is 24.9 Å². The van der Waals surface area contributed by atoms with Gasteiger partial charge in [-0.2, -0.15) is 0 Å². The maximum absolute atomic E-state index is 12.8. The van der Waals surface area contributed by atoms with Crippen molar-refractivity contribution < 1.29 is 9.63 Å². The topological polar surface area (TPSA) is 70.1 Å². The number of pyridine rings is 1. The molecule has 0 aromatic carbocycles. The number of amides is 1. The zero-order valence-corrected chi connectivity index (χ0v) is 14.8. The fourth-order valence-corrected chi connectivity index (χ4v) is 3.94. The smallest absolute Gasteiger partial charge is 0.271 e. The van der Waals surface area contributed by atoms with Crippen molar-refractivity contribution in [3.05, 3.63) is 23.4 Å². The number of nitrogens with zero attached hydrogens (tertiary/aromatic N) is 4. The average Bonchev–Trinajstić information content (AvgIpc) is 3.06. The summed E-state index contributed by atoms with van der Waals surface area (Å²) in [6.07, 6.45) is 4.17. The summed E-state index contributed by atoms with van der Waals surface area (Å²) < 4.78 is 0. The summed E-state index contributed by atoms with van der Waals surface area (Å²) >= 11 is 6.22. The normalized spacial score (nSPS) is 22.7. The van der Waals surface area contributed by atoms with Crippen LogP contribution in [0.15, 0.2) is 23.5 Å². The number of piperidine rings is 1. The van der Waals surface area contributed by atoms with E-state index in [0.717, 1.165) is 31.7 Å². The van der Waals surface area contributed by atoms with Gasteiger partial charge < -0.3 is 20.0 Å². The number of rotatable bonds is 2. The zero-order valence-electron chi connectivity index (χ0n) is 14.1. The Morgan fingerprint density at radius 3 is 2.72 bits per heavy atom. The minimum absolute atomic E-state index is 0.00201. The van der Waals surface area contributed by atoms with E-state index in [9.17, 15) is 4.79 Å². The third-order valence-corrected chi connectivity index (χ3v) is 5.50. The number of aromatic nitrogens is 1. The van der Waals surface area contributed by atoms with Crippen LogP contribution in [0.1, 0.15) is 19.3 Å². The lowest BCUT2D eigenvalue weighted by atomic mass is 9.87. The molecule has 1 N–H and O–H groups in total. The van der Waals surface area contributed by atoms with Gasteiger partial charge in [-0.1, -0.05) is 16.8 Å². The Hall–Kier alpha value is -1.86. The third kappa shape index (κ3) is 3.30. The van der Waals surface area contributed by atoms with Gasteiger partial charge in [0, 0.05) is 51.6 Å². The van der Waals surface area contributed by atoms with Crippen LogP contribution in [-0.4, -0.2) is 66.4 Å². The Labute approximate surface area is 152 Å². The van der Waals surface area contributed by atoms with Crippen molar-refractivity contribution in [1.29, 1.82) is 0 Å². The van der Waals surface area contributed by atoms with Crippen molar-refractivity contribution in [3.8, 4) is 0 Å². The van der Waals surface area contributed by atoms with Crippen LogP contribution in [0.5, 0.6) is 0 Å². The predicted octanol–water partition coefficient (Wildman–Crippen LogP) is 1.28. The molecule has 0 bridgehead atoms. The second-order valence-electron chi connectivity index (χ2n) is 6.83. The predicted molar refractivity (Wildman–Crippen MR) is 96.0 cm³/mol. The molecule has 1 aromatic heterocycles. The van der Waals surface area contributed by atoms with Gasteiger partial charge in [0.05, 0.1) is 5.02 Å². The number of oxime groups is 1. The van der Waals surface area contributed by atoms with Crippen LogP contribution in [0.2, 0.25) is 5.02 Å². The van der Waals surface area contributed by atoms with E-state index in [-0.39, 0.29) is 11.5 Å². The van der Waals surface area contributed by atoms with Crippen LogP contribution in [-0.2, 0) is 9.63 Å². The molecule has 3 aliphatic heterocycles. The standard InChI is InChI=1S/C17H22ClN5O2/c18-13-2-1-5-20-15(13)22-8-10-23(11-9-22)16(24)14-12-17(25-21-14)3-6-19-7-4-17/h1-2,5,19H,3-4,6-12H2. The molecule has 3 aliphatic rings. The van der Waals surface area contributed by atoms with Gasteiger partial charge in [-0.3, -0.25) is 4.79 Å². The highest BCUT2D eigenvalue weighted by Gasteiger charge is 2.43. The number of carbonyl (C=O) groups is 1. The first-order chi connectivity index (χ1) is 12.2. The van der Waals surface area contributed by atoms with Crippen LogP contribution in [0.25, 0.3) is 0 Å². The van der Waals surface area contributed by atoms with E-state index in [1.54, 1.807) is 6.20 Å². The fraction of sp³-hybridized carbons (Fsp3) is 0.588. The highest BCUT2D eigenvalue weighted by atomic mass is 35.5. The van der Waals surface area contributed by atoms with E-state index >= 15 is 0 Å². The molecule has 4 rings (SSSR count). The lowest BCUT2D eigenvalue weighted by Gasteiger charge is -2.35. The number of carbonyl (C=O) groups excluding carboxylic acids is 1. The minimum atomic E-state index is -0.264. The van der Waals surface area contributed by atoms with Crippen molar-refractivity contribution in [3.63, 3.8) is 0 Å². The van der Waals surface area contributed by atoms with Gasteiger partial charge in [0.15, 0.2) is 0 Å². The monoisotopic (exact) mass is 363 g/mol. The molecule has 0 saturated carbocycles. The number of nitrogens with one attached hydrogen (secondary N) is 1. The van der Waals surface area contributed by atoms with E-state index in [1.165, 1.54) is 0 Å². The molecular formula is C17H22ClN5O2. The Morgan fingerprint density at radius 1 is 1.24 bits per heavy atom. The summed E-state index contributed by atoms with van der Waals surface area (Å²) in [5, 5.41) is 8.09. The Morgan fingerprint density at radius 2 is 2.00 bits per heavy atom. The van der Waals surface area contributed by atoms with Crippen molar-refractivity contribution >= 4 is 29.0 Å². The van der Waals surface area contributed by atoms with E-state index in [2.05, 4.69) is 20.4 Å². The van der Waals surface area contributed by atoms with Gasteiger partial charge in [0.2, 0.25) is 0 Å². The fourth-order valence-electron chi connectivity index (χ4n) is 3.70. The van der Waals surface area contributed by atoms with E-state index in [1.807, 2.05) is 17.0 Å². The number of anilines is 1. The van der Waals surface area contributed by atoms with Crippen LogP contribution in [0.3, 0.4) is 0 Å². The van der Waals surface area contributed by atoms with Crippen LogP contribution >= 0.6 is 11.6 Å². The van der Waals surface area contributed by atoms with Gasteiger partial charge in [0.1, 0.15) is 17.1 Å². The largest absolute Gasteiger partial charge is 0.388 e. The molecule has 4 heterocycles. The lowest BCUT2D eigenvalue weighted by Crippen LogP contribution is -2.51. The summed E-state index contributed by atoms with van der Waals surface area (Å²) in [7, 11) is 0. The molecule has 25 heavy (non-hydrogen) atoms. The molecule has 1 spiro atoms. The lowest BCUT2D eigenvalue weighted by molar-refractivity contribution is -0.124. The third-order valence-electron chi connectivity index (χ3n) is 5.21. The molecular weight excluding hydrogens is 342 g/mol. The first kappa shape index (κ1) is 16.6. The Balaban J connectivity index is 1.35. The van der Waals surface area contributed by atoms with Gasteiger partial charge in [-0.05, 0) is 25.2 Å². The van der Waals surface area contributed by atoms with Gasteiger partial charge in [-0.15, -0.1) is 0 Å². The van der Waals surface area contributed by atoms with Crippen molar-refractivity contribution in [1.82, 2.24) is 15.2 Å². The molecule has 2 saturated heterocycles. The summed E-state index contributed by atoms with van der Waals surface area (Å²) in [4.78, 5) is 26.8. The molecule has 1 aromatic rings. The Kier molecular flexibility index (Phi) is 4.52. The first-order valence-corrected chi connectivity index (χ1v) is 9.15. The number of hydrogen-bond donors (Lipinski definition) is 1. The molecule has 0 unspecified atom stereocenters. The van der Waals surface area contributed by atoms with Gasteiger partial charge in [-0.25, -0.2) is 4.98 Å². The molecule has 0 atom stereocenters. The van der Waals surface area contributed by atoms with Gasteiger partial charge >= 0.3 is 0 Å². The average molecular weight is 364 g/mol. The van der Waals surface area contributed by atoms with Crippen LogP contribution in [0, 0.1) is 0 Å². The summed E-state index contributed by atoms with van der Waals surface area (Å²) in [5.74, 6) is 0.786. The highest BCUT2D eigenvalue weighted by Crippen LogP contribution is 2.33. The summed E-state index contributed by atoms with van der Waals surface area (Å²) in [6.45, 7) is 4.54. The van der Waals surface area contributed by atoms with Crippen LogP contribution in [0.4, 0.5) is 5.82 Å². The SMILES string of the molecule is O=C(C1=NOC2(CCNCC2)C1)N1CCN(c2ncccc2Cl)CC1. The maximum Gasteiger partial charge on any atom is 0.271 e. The van der Waals surface area contributed by atoms with E-state index in [4.69, 9.17) is 16.4 Å². The second-order valence-corrected chi connectivity index (χ2v) is 7.23. The molecule has 0 aliphatic carbocycles. The first-order valence-electron chi connectivity index (χ1n) is 8.77. The maximum atomic E-state index is 12.8. The van der Waals surface area contributed by atoms with E-state index in [0.29, 0.717) is 43.3 Å². The molecule has 0 radical (unpaired) electrons. The zero-order chi connectivity index (χ0) is 17.3. The van der Waals surface area contributed by atoms with Gasteiger partial charge in [0.25, 0.3) is 5.91 Å². The van der Waals surface area contributed by atoms with Crippen molar-refractivity contribution in [2.75, 3.05) is 44.2 Å². The van der Waals surface area contributed by atoms with Crippen molar-refractivity contribution in [2.24, 2.45) is 5.16 Å². The molecule has 134 valence electrons. The number of halogens is 1. The summed E-state index contributed by atoms with van der Waals surface area (Å²) in [6, 6.07) is 3.66. The number of piperazine rings is 1. The molecule has 2 fully saturated rings. The Bertz CT molecular complexity index is 681. The highest BCUT2D eigenvalue weighted by molar-refractivity contribution is 6.39. The summed E-state index contributed by atoms with van der Waals surface area (Å²) in [5.41, 5.74) is 0.297. The molecule has 1 amide bonds. The minimum Gasteiger partial charge on any atom is -0.388 e. The quantitative estimate of drug-likeness (QED) is 0.857.